The minimum absolute atomic E-state index is 0.0445. The number of ether oxygens (including phenoxy) is 3. The van der Waals surface area contributed by atoms with Crippen LogP contribution < -0.4 is 10.1 Å². The van der Waals surface area contributed by atoms with Crippen molar-refractivity contribution in [3.05, 3.63) is 59.7 Å². The Balaban J connectivity index is 1.52. The number of piperidine rings is 1. The molecular formula is C24H30N2O4. The number of amides is 1. The average Bonchev–Trinajstić information content (AvgIpc) is 3.30. The summed E-state index contributed by atoms with van der Waals surface area (Å²) >= 11 is 0. The molecule has 1 amide bonds. The van der Waals surface area contributed by atoms with E-state index < -0.39 is 0 Å². The van der Waals surface area contributed by atoms with Crippen LogP contribution in [0.5, 0.6) is 5.75 Å². The van der Waals surface area contributed by atoms with E-state index in [1.165, 1.54) is 0 Å². The molecule has 160 valence electrons. The second-order valence-corrected chi connectivity index (χ2v) is 7.99. The van der Waals surface area contributed by atoms with Crippen molar-refractivity contribution in [2.24, 2.45) is 5.92 Å². The largest absolute Gasteiger partial charge is 0.495 e. The molecule has 2 saturated heterocycles. The van der Waals surface area contributed by atoms with Crippen LogP contribution in [-0.4, -0.2) is 50.5 Å². The van der Waals surface area contributed by atoms with Gasteiger partial charge in [-0.1, -0.05) is 36.4 Å². The lowest BCUT2D eigenvalue weighted by Crippen LogP contribution is -2.44. The first kappa shape index (κ1) is 20.8. The fourth-order valence-electron chi connectivity index (χ4n) is 4.38. The number of benzene rings is 2. The standard InChI is InChI=1S/C24H30N2O4/c1-17-8-9-21(28-2)20(16-17)25-23(27)22(18-6-4-3-5-7-18)26-12-10-19(11-13-26)24-29-14-15-30-24/h3-9,16,19,22,24H,10-15H2,1-2H3,(H,25,27). The zero-order valence-corrected chi connectivity index (χ0v) is 17.7. The van der Waals surface area contributed by atoms with Gasteiger partial charge in [0.25, 0.3) is 0 Å². The lowest BCUT2D eigenvalue weighted by Gasteiger charge is -2.38. The van der Waals surface area contributed by atoms with Crippen molar-refractivity contribution in [1.82, 2.24) is 4.90 Å². The molecule has 6 nitrogen and oxygen atoms in total. The Kier molecular flexibility index (Phi) is 6.67. The molecule has 1 unspecified atom stereocenters. The summed E-state index contributed by atoms with van der Waals surface area (Å²) in [7, 11) is 1.62. The molecule has 0 spiro atoms. The highest BCUT2D eigenvalue weighted by molar-refractivity contribution is 5.96. The zero-order valence-electron chi connectivity index (χ0n) is 17.7. The van der Waals surface area contributed by atoms with Gasteiger partial charge in [0.2, 0.25) is 5.91 Å². The third-order valence-corrected chi connectivity index (χ3v) is 5.95. The maximum Gasteiger partial charge on any atom is 0.246 e. The predicted molar refractivity (Wildman–Crippen MR) is 116 cm³/mol. The van der Waals surface area contributed by atoms with E-state index in [9.17, 15) is 4.79 Å². The van der Waals surface area contributed by atoms with E-state index in [1.807, 2.05) is 55.5 Å². The molecule has 0 bridgehead atoms. The number of likely N-dealkylation sites (tertiary alicyclic amines) is 1. The van der Waals surface area contributed by atoms with Crippen molar-refractivity contribution < 1.29 is 19.0 Å². The summed E-state index contributed by atoms with van der Waals surface area (Å²) in [6, 6.07) is 15.4. The van der Waals surface area contributed by atoms with Crippen molar-refractivity contribution in [3.8, 4) is 5.75 Å². The third-order valence-electron chi connectivity index (χ3n) is 5.95. The van der Waals surface area contributed by atoms with Gasteiger partial charge in [0, 0.05) is 5.92 Å². The van der Waals surface area contributed by atoms with E-state index in [2.05, 4.69) is 10.2 Å². The van der Waals surface area contributed by atoms with Gasteiger partial charge in [-0.25, -0.2) is 0 Å². The van der Waals surface area contributed by atoms with Crippen molar-refractivity contribution in [1.29, 1.82) is 0 Å². The predicted octanol–water partition coefficient (Wildman–Crippen LogP) is 3.77. The zero-order chi connectivity index (χ0) is 20.9. The summed E-state index contributed by atoms with van der Waals surface area (Å²) in [6.45, 7) is 5.01. The van der Waals surface area contributed by atoms with Crippen LogP contribution in [0.25, 0.3) is 0 Å². The minimum atomic E-state index is -0.359. The number of aryl methyl sites for hydroxylation is 1. The molecule has 2 aromatic carbocycles. The maximum atomic E-state index is 13.5. The first-order valence-electron chi connectivity index (χ1n) is 10.6. The van der Waals surface area contributed by atoms with Crippen molar-refractivity contribution in [2.75, 3.05) is 38.7 Å². The molecule has 4 rings (SSSR count). The first-order chi connectivity index (χ1) is 14.7. The van der Waals surface area contributed by atoms with Crippen molar-refractivity contribution in [3.63, 3.8) is 0 Å². The van der Waals surface area contributed by atoms with Crippen LogP contribution in [0.15, 0.2) is 48.5 Å². The Hall–Kier alpha value is -2.41. The number of carbonyl (C=O) groups is 1. The summed E-state index contributed by atoms with van der Waals surface area (Å²) < 4.78 is 16.9. The molecule has 2 fully saturated rings. The number of anilines is 1. The molecule has 2 aromatic rings. The Morgan fingerprint density at radius 3 is 2.47 bits per heavy atom. The van der Waals surface area contributed by atoms with Crippen molar-refractivity contribution in [2.45, 2.75) is 32.1 Å². The Morgan fingerprint density at radius 1 is 1.10 bits per heavy atom. The number of rotatable bonds is 6. The highest BCUT2D eigenvalue weighted by atomic mass is 16.7. The lowest BCUT2D eigenvalue weighted by atomic mass is 9.93. The smallest absolute Gasteiger partial charge is 0.246 e. The number of nitrogens with one attached hydrogen (secondary N) is 1. The molecule has 0 aliphatic carbocycles. The van der Waals surface area contributed by atoms with Gasteiger partial charge in [0.1, 0.15) is 11.8 Å². The molecule has 2 aliphatic rings. The quantitative estimate of drug-likeness (QED) is 0.786. The third kappa shape index (κ3) is 4.67. The van der Waals surface area contributed by atoms with Gasteiger partial charge in [-0.05, 0) is 56.1 Å². The van der Waals surface area contributed by atoms with Crippen LogP contribution in [0, 0.1) is 12.8 Å². The first-order valence-corrected chi connectivity index (χ1v) is 10.6. The van der Waals surface area contributed by atoms with Crippen LogP contribution in [0.1, 0.15) is 30.0 Å². The number of carbonyl (C=O) groups excluding carboxylic acids is 1. The van der Waals surface area contributed by atoms with E-state index in [0.29, 0.717) is 30.6 Å². The molecule has 2 heterocycles. The molecule has 1 atom stereocenters. The summed E-state index contributed by atoms with van der Waals surface area (Å²) in [5, 5.41) is 3.11. The molecule has 30 heavy (non-hydrogen) atoms. The van der Waals surface area contributed by atoms with Gasteiger partial charge < -0.3 is 19.5 Å². The van der Waals surface area contributed by atoms with Crippen LogP contribution in [0.3, 0.4) is 0 Å². The van der Waals surface area contributed by atoms with Crippen LogP contribution in [0.2, 0.25) is 0 Å². The van der Waals surface area contributed by atoms with E-state index in [1.54, 1.807) is 7.11 Å². The molecule has 6 heteroatoms. The molecule has 1 N–H and O–H groups in total. The summed E-state index contributed by atoms with van der Waals surface area (Å²) in [5.41, 5.74) is 2.76. The summed E-state index contributed by atoms with van der Waals surface area (Å²) in [6.07, 6.45) is 1.82. The van der Waals surface area contributed by atoms with Gasteiger partial charge in [-0.2, -0.15) is 0 Å². The van der Waals surface area contributed by atoms with E-state index in [0.717, 1.165) is 37.1 Å². The fourth-order valence-corrected chi connectivity index (χ4v) is 4.38. The molecular weight excluding hydrogens is 380 g/mol. The minimum Gasteiger partial charge on any atom is -0.495 e. The second kappa shape index (κ2) is 9.60. The molecule has 0 saturated carbocycles. The number of hydrogen-bond acceptors (Lipinski definition) is 5. The number of nitrogens with zero attached hydrogens (tertiary/aromatic N) is 1. The van der Waals surface area contributed by atoms with E-state index in [-0.39, 0.29) is 18.2 Å². The van der Waals surface area contributed by atoms with Gasteiger partial charge in [-0.15, -0.1) is 0 Å². The maximum absolute atomic E-state index is 13.5. The van der Waals surface area contributed by atoms with Gasteiger partial charge in [0.05, 0.1) is 26.0 Å². The average molecular weight is 411 g/mol. The summed E-state index contributed by atoms with van der Waals surface area (Å²) in [5.74, 6) is 1.01. The Labute approximate surface area is 178 Å². The molecule has 0 aromatic heterocycles. The van der Waals surface area contributed by atoms with E-state index in [4.69, 9.17) is 14.2 Å². The monoisotopic (exact) mass is 410 g/mol. The Morgan fingerprint density at radius 2 is 1.80 bits per heavy atom. The van der Waals surface area contributed by atoms with Crippen LogP contribution in [0.4, 0.5) is 5.69 Å². The molecule has 0 radical (unpaired) electrons. The number of hydrogen-bond donors (Lipinski definition) is 1. The normalized spacial score (nSPS) is 19.5. The number of methoxy groups -OCH3 is 1. The lowest BCUT2D eigenvalue weighted by molar-refractivity contribution is -0.124. The van der Waals surface area contributed by atoms with Gasteiger partial charge >= 0.3 is 0 Å². The topological polar surface area (TPSA) is 60.0 Å². The highest BCUT2D eigenvalue weighted by Crippen LogP contribution is 2.33. The second-order valence-electron chi connectivity index (χ2n) is 7.99. The van der Waals surface area contributed by atoms with Crippen LogP contribution >= 0.6 is 0 Å². The summed E-state index contributed by atoms with van der Waals surface area (Å²) in [4.78, 5) is 15.7. The Bertz CT molecular complexity index is 844. The van der Waals surface area contributed by atoms with Crippen LogP contribution in [-0.2, 0) is 14.3 Å². The van der Waals surface area contributed by atoms with Gasteiger partial charge in [0.15, 0.2) is 6.29 Å². The molecule has 2 aliphatic heterocycles. The highest BCUT2D eigenvalue weighted by Gasteiger charge is 2.35. The van der Waals surface area contributed by atoms with Gasteiger partial charge in [-0.3, -0.25) is 9.69 Å². The SMILES string of the molecule is COc1ccc(C)cc1NC(=O)C(c1ccccc1)N1CCC(C2OCCO2)CC1. The van der Waals surface area contributed by atoms with Crippen molar-refractivity contribution >= 4 is 11.6 Å². The fraction of sp³-hybridized carbons (Fsp3) is 0.458. The van der Waals surface area contributed by atoms with E-state index >= 15 is 0 Å².